The standard InChI is InChI=1S/C19H20ClNO5S/c20-16-4-3-5-17(14-16)25-12-13-26-19(22)15-6-8-18(9-7-15)27(23,24)21-10-1-2-11-21/h3-9,14H,1-2,10-13H2. The van der Waals surface area contributed by atoms with Gasteiger partial charge in [0.25, 0.3) is 0 Å². The highest BCUT2D eigenvalue weighted by atomic mass is 35.5. The van der Waals surface area contributed by atoms with Crippen LogP contribution in [-0.2, 0) is 14.8 Å². The van der Waals surface area contributed by atoms with Crippen molar-refractivity contribution in [2.45, 2.75) is 17.7 Å². The minimum absolute atomic E-state index is 0.0686. The van der Waals surface area contributed by atoms with Gasteiger partial charge in [0.2, 0.25) is 10.0 Å². The number of hydrogen-bond acceptors (Lipinski definition) is 5. The van der Waals surface area contributed by atoms with Gasteiger partial charge in [-0.05, 0) is 55.3 Å². The predicted molar refractivity (Wildman–Crippen MR) is 102 cm³/mol. The summed E-state index contributed by atoms with van der Waals surface area (Å²) in [6.45, 7) is 1.34. The predicted octanol–water partition coefficient (Wildman–Crippen LogP) is 3.36. The Bertz CT molecular complexity index is 893. The van der Waals surface area contributed by atoms with Crippen molar-refractivity contribution in [1.82, 2.24) is 4.31 Å². The summed E-state index contributed by atoms with van der Waals surface area (Å²) < 4.78 is 37.0. The second kappa shape index (κ2) is 8.73. The van der Waals surface area contributed by atoms with Crippen LogP contribution in [0.3, 0.4) is 0 Å². The largest absolute Gasteiger partial charge is 0.490 e. The molecule has 8 heteroatoms. The molecule has 1 heterocycles. The maximum Gasteiger partial charge on any atom is 0.338 e. The first-order valence-corrected chi connectivity index (χ1v) is 10.4. The van der Waals surface area contributed by atoms with E-state index in [-0.39, 0.29) is 23.7 Å². The SMILES string of the molecule is O=C(OCCOc1cccc(Cl)c1)c1ccc(S(=O)(=O)N2CCCC2)cc1. The van der Waals surface area contributed by atoms with Crippen molar-refractivity contribution < 1.29 is 22.7 Å². The van der Waals surface area contributed by atoms with Gasteiger partial charge < -0.3 is 9.47 Å². The Balaban J connectivity index is 1.51. The van der Waals surface area contributed by atoms with E-state index in [0.717, 1.165) is 12.8 Å². The monoisotopic (exact) mass is 409 g/mol. The van der Waals surface area contributed by atoms with Gasteiger partial charge >= 0.3 is 5.97 Å². The molecule has 1 saturated heterocycles. The third-order valence-corrected chi connectivity index (χ3v) is 6.32. The lowest BCUT2D eigenvalue weighted by molar-refractivity contribution is 0.0450. The van der Waals surface area contributed by atoms with Gasteiger partial charge in [-0.3, -0.25) is 0 Å². The summed E-state index contributed by atoms with van der Waals surface area (Å²) in [5, 5.41) is 0.563. The molecule has 0 N–H and O–H groups in total. The average Bonchev–Trinajstić information content (AvgIpc) is 3.21. The summed E-state index contributed by atoms with van der Waals surface area (Å²) in [6, 6.07) is 12.7. The van der Waals surface area contributed by atoms with Crippen LogP contribution in [0.2, 0.25) is 5.02 Å². The zero-order valence-electron chi connectivity index (χ0n) is 14.6. The molecule has 0 saturated carbocycles. The molecule has 0 spiro atoms. The first-order valence-electron chi connectivity index (χ1n) is 8.62. The number of ether oxygens (including phenoxy) is 2. The van der Waals surface area contributed by atoms with Gasteiger partial charge in [0.05, 0.1) is 10.5 Å². The molecule has 0 aromatic heterocycles. The number of rotatable bonds is 7. The Kier molecular flexibility index (Phi) is 6.36. The van der Waals surface area contributed by atoms with Gasteiger partial charge in [-0.2, -0.15) is 4.31 Å². The normalized spacial score (nSPS) is 14.9. The van der Waals surface area contributed by atoms with Gasteiger partial charge in [-0.15, -0.1) is 0 Å². The molecular weight excluding hydrogens is 390 g/mol. The zero-order valence-corrected chi connectivity index (χ0v) is 16.2. The highest BCUT2D eigenvalue weighted by Crippen LogP contribution is 2.21. The van der Waals surface area contributed by atoms with Gasteiger partial charge in [0, 0.05) is 18.1 Å². The number of nitrogens with zero attached hydrogens (tertiary/aromatic N) is 1. The van der Waals surface area contributed by atoms with E-state index < -0.39 is 16.0 Å². The van der Waals surface area contributed by atoms with Crippen LogP contribution in [0, 0.1) is 0 Å². The molecule has 1 aliphatic rings. The summed E-state index contributed by atoms with van der Waals surface area (Å²) in [7, 11) is -3.49. The molecule has 0 radical (unpaired) electrons. The van der Waals surface area contributed by atoms with E-state index in [2.05, 4.69) is 0 Å². The van der Waals surface area contributed by atoms with Crippen LogP contribution in [-0.4, -0.2) is 45.0 Å². The molecule has 0 bridgehead atoms. The van der Waals surface area contributed by atoms with E-state index in [9.17, 15) is 13.2 Å². The van der Waals surface area contributed by atoms with E-state index in [0.29, 0.717) is 23.9 Å². The summed E-state index contributed by atoms with van der Waals surface area (Å²) in [5.41, 5.74) is 0.290. The van der Waals surface area contributed by atoms with Crippen LogP contribution >= 0.6 is 11.6 Å². The highest BCUT2D eigenvalue weighted by molar-refractivity contribution is 7.89. The van der Waals surface area contributed by atoms with Gasteiger partial charge in [0.1, 0.15) is 19.0 Å². The van der Waals surface area contributed by atoms with E-state index in [1.54, 1.807) is 24.3 Å². The van der Waals surface area contributed by atoms with Crippen LogP contribution in [0.1, 0.15) is 23.2 Å². The molecule has 3 rings (SSSR count). The number of carbonyl (C=O) groups excluding carboxylic acids is 1. The minimum Gasteiger partial charge on any atom is -0.490 e. The second-order valence-corrected chi connectivity index (χ2v) is 8.45. The van der Waals surface area contributed by atoms with Crippen molar-refractivity contribution in [2.24, 2.45) is 0 Å². The highest BCUT2D eigenvalue weighted by Gasteiger charge is 2.27. The molecular formula is C19H20ClNO5S. The van der Waals surface area contributed by atoms with Crippen LogP contribution in [0.5, 0.6) is 5.75 Å². The molecule has 27 heavy (non-hydrogen) atoms. The lowest BCUT2D eigenvalue weighted by Gasteiger charge is -2.15. The van der Waals surface area contributed by atoms with Gasteiger partial charge in [-0.1, -0.05) is 17.7 Å². The number of hydrogen-bond donors (Lipinski definition) is 0. The van der Waals surface area contributed by atoms with Gasteiger partial charge in [0.15, 0.2) is 0 Å². The summed E-state index contributed by atoms with van der Waals surface area (Å²) in [5.74, 6) is 0.0600. The molecule has 6 nitrogen and oxygen atoms in total. The average molecular weight is 410 g/mol. The van der Waals surface area contributed by atoms with Crippen molar-refractivity contribution in [1.29, 1.82) is 0 Å². The van der Waals surface area contributed by atoms with Crippen molar-refractivity contribution in [3.63, 3.8) is 0 Å². The molecule has 144 valence electrons. The summed E-state index contributed by atoms with van der Waals surface area (Å²) >= 11 is 5.86. The van der Waals surface area contributed by atoms with Crippen molar-refractivity contribution >= 4 is 27.6 Å². The fourth-order valence-corrected chi connectivity index (χ4v) is 4.47. The Morgan fingerprint density at radius 2 is 1.74 bits per heavy atom. The number of sulfonamides is 1. The zero-order chi connectivity index (χ0) is 19.3. The smallest absolute Gasteiger partial charge is 0.338 e. The molecule has 2 aromatic rings. The molecule has 0 amide bonds. The van der Waals surface area contributed by atoms with E-state index in [4.69, 9.17) is 21.1 Å². The van der Waals surface area contributed by atoms with Crippen molar-refractivity contribution in [2.75, 3.05) is 26.3 Å². The van der Waals surface area contributed by atoms with Crippen LogP contribution in [0.15, 0.2) is 53.4 Å². The van der Waals surface area contributed by atoms with E-state index >= 15 is 0 Å². The maximum absolute atomic E-state index is 12.5. The quantitative estimate of drug-likeness (QED) is 0.518. The van der Waals surface area contributed by atoms with Crippen molar-refractivity contribution in [3.05, 3.63) is 59.1 Å². The minimum atomic E-state index is -3.49. The lowest BCUT2D eigenvalue weighted by Crippen LogP contribution is -2.27. The number of benzene rings is 2. The third-order valence-electron chi connectivity index (χ3n) is 4.17. The Morgan fingerprint density at radius 1 is 1.04 bits per heavy atom. The molecule has 0 unspecified atom stereocenters. The molecule has 2 aromatic carbocycles. The van der Waals surface area contributed by atoms with Crippen molar-refractivity contribution in [3.8, 4) is 5.75 Å². The van der Waals surface area contributed by atoms with Crippen LogP contribution in [0.25, 0.3) is 0 Å². The number of carbonyl (C=O) groups is 1. The topological polar surface area (TPSA) is 72.9 Å². The molecule has 0 atom stereocenters. The second-order valence-electron chi connectivity index (χ2n) is 6.08. The number of esters is 1. The fraction of sp³-hybridized carbons (Fsp3) is 0.316. The Hall–Kier alpha value is -2.09. The summed E-state index contributed by atoms with van der Waals surface area (Å²) in [4.78, 5) is 12.3. The van der Waals surface area contributed by atoms with Gasteiger partial charge in [-0.25, -0.2) is 13.2 Å². The molecule has 1 aliphatic heterocycles. The number of halogens is 1. The van der Waals surface area contributed by atoms with Crippen LogP contribution in [0.4, 0.5) is 0 Å². The maximum atomic E-state index is 12.5. The Morgan fingerprint density at radius 3 is 2.41 bits per heavy atom. The van der Waals surface area contributed by atoms with E-state index in [1.807, 2.05) is 0 Å². The Labute approximate surface area is 163 Å². The molecule has 1 fully saturated rings. The first kappa shape index (κ1) is 19.7. The lowest BCUT2D eigenvalue weighted by atomic mass is 10.2. The first-order chi connectivity index (χ1) is 13.0. The van der Waals surface area contributed by atoms with Crippen LogP contribution < -0.4 is 4.74 Å². The fourth-order valence-electron chi connectivity index (χ4n) is 2.77. The van der Waals surface area contributed by atoms with E-state index in [1.165, 1.54) is 28.6 Å². The summed E-state index contributed by atoms with van der Waals surface area (Å²) in [6.07, 6.45) is 1.75. The third kappa shape index (κ3) is 5.00. The molecule has 0 aliphatic carbocycles.